The van der Waals surface area contributed by atoms with E-state index in [1.165, 1.54) is 11.1 Å². The van der Waals surface area contributed by atoms with Crippen molar-refractivity contribution in [2.24, 2.45) is 0 Å². The first kappa shape index (κ1) is 20.3. The van der Waals surface area contributed by atoms with Crippen molar-refractivity contribution >= 4 is 29.9 Å². The van der Waals surface area contributed by atoms with Crippen LogP contribution in [0, 0.1) is 0 Å². The SMILES string of the molecule is CC(C)NC(=O)CCCC(=O)NC1CCCc2cc(N)ccc21.Cl. The molecule has 0 bridgehead atoms. The zero-order valence-electron chi connectivity index (χ0n) is 14.4. The van der Waals surface area contributed by atoms with Crippen LogP contribution in [0.4, 0.5) is 5.69 Å². The van der Waals surface area contributed by atoms with Gasteiger partial charge in [0, 0.05) is 24.6 Å². The first-order valence-corrected chi connectivity index (χ1v) is 8.42. The summed E-state index contributed by atoms with van der Waals surface area (Å²) in [7, 11) is 0. The number of carbonyl (C=O) groups is 2. The zero-order valence-corrected chi connectivity index (χ0v) is 15.2. The summed E-state index contributed by atoms with van der Waals surface area (Å²) in [6.45, 7) is 3.86. The molecule has 0 aromatic heterocycles. The van der Waals surface area contributed by atoms with Gasteiger partial charge in [-0.15, -0.1) is 12.4 Å². The maximum absolute atomic E-state index is 12.1. The van der Waals surface area contributed by atoms with E-state index in [-0.39, 0.29) is 36.3 Å². The molecule has 0 saturated heterocycles. The Bertz CT molecular complexity index is 575. The van der Waals surface area contributed by atoms with Crippen LogP contribution in [0.3, 0.4) is 0 Å². The number of nitrogens with two attached hydrogens (primary N) is 1. The van der Waals surface area contributed by atoms with Gasteiger partial charge in [-0.25, -0.2) is 0 Å². The lowest BCUT2D eigenvalue weighted by Crippen LogP contribution is -2.32. The minimum Gasteiger partial charge on any atom is -0.399 e. The van der Waals surface area contributed by atoms with Crippen molar-refractivity contribution < 1.29 is 9.59 Å². The van der Waals surface area contributed by atoms with E-state index in [0.717, 1.165) is 24.9 Å². The second-order valence-corrected chi connectivity index (χ2v) is 6.55. The van der Waals surface area contributed by atoms with Crippen LogP contribution in [-0.4, -0.2) is 17.9 Å². The lowest BCUT2D eigenvalue weighted by atomic mass is 9.87. The average molecular weight is 354 g/mol. The highest BCUT2D eigenvalue weighted by Gasteiger charge is 2.21. The third kappa shape index (κ3) is 6.04. The molecule has 0 fully saturated rings. The number of anilines is 1. The summed E-state index contributed by atoms with van der Waals surface area (Å²) >= 11 is 0. The van der Waals surface area contributed by atoms with E-state index in [1.807, 2.05) is 32.0 Å². The molecule has 0 spiro atoms. The summed E-state index contributed by atoms with van der Waals surface area (Å²) < 4.78 is 0. The van der Waals surface area contributed by atoms with Gasteiger partial charge in [0.25, 0.3) is 0 Å². The normalized spacial score (nSPS) is 16.0. The number of nitrogens with one attached hydrogen (secondary N) is 2. The highest BCUT2D eigenvalue weighted by Crippen LogP contribution is 2.31. The van der Waals surface area contributed by atoms with Gasteiger partial charge in [0.2, 0.25) is 11.8 Å². The summed E-state index contributed by atoms with van der Waals surface area (Å²) in [6, 6.07) is 6.12. The van der Waals surface area contributed by atoms with Gasteiger partial charge in [0.05, 0.1) is 6.04 Å². The molecule has 1 aromatic carbocycles. The summed E-state index contributed by atoms with van der Waals surface area (Å²) in [5.74, 6) is 0.0170. The van der Waals surface area contributed by atoms with Gasteiger partial charge in [-0.2, -0.15) is 0 Å². The van der Waals surface area contributed by atoms with E-state index < -0.39 is 0 Å². The molecule has 0 heterocycles. The predicted octanol–water partition coefficient (Wildman–Crippen LogP) is 2.88. The Hall–Kier alpha value is -1.75. The van der Waals surface area contributed by atoms with E-state index in [1.54, 1.807) is 0 Å². The summed E-state index contributed by atoms with van der Waals surface area (Å²) in [6.07, 6.45) is 4.37. The Morgan fingerprint density at radius 1 is 1.25 bits per heavy atom. The Kier molecular flexibility index (Phi) is 8.05. The summed E-state index contributed by atoms with van der Waals surface area (Å²) in [4.78, 5) is 23.7. The second kappa shape index (κ2) is 9.52. The molecule has 0 saturated carbocycles. The second-order valence-electron chi connectivity index (χ2n) is 6.55. The number of hydrogen-bond donors (Lipinski definition) is 3. The molecule has 2 rings (SSSR count). The van der Waals surface area contributed by atoms with Gasteiger partial charge in [0.15, 0.2) is 0 Å². The van der Waals surface area contributed by atoms with Crippen LogP contribution in [0.15, 0.2) is 18.2 Å². The highest BCUT2D eigenvalue weighted by molar-refractivity contribution is 5.85. The number of fused-ring (bicyclic) bond motifs is 1. The molecule has 0 radical (unpaired) electrons. The molecule has 24 heavy (non-hydrogen) atoms. The van der Waals surface area contributed by atoms with Gasteiger partial charge in [-0.1, -0.05) is 6.07 Å². The van der Waals surface area contributed by atoms with Crippen LogP contribution in [0.1, 0.15) is 63.1 Å². The molecule has 0 aliphatic heterocycles. The number of benzene rings is 1. The molecule has 2 amide bonds. The average Bonchev–Trinajstić information content (AvgIpc) is 2.46. The van der Waals surface area contributed by atoms with Crippen molar-refractivity contribution in [1.29, 1.82) is 0 Å². The summed E-state index contributed by atoms with van der Waals surface area (Å²) in [5.41, 5.74) is 9.01. The minimum atomic E-state index is 0. The molecule has 1 unspecified atom stereocenters. The maximum Gasteiger partial charge on any atom is 0.220 e. The molecule has 4 N–H and O–H groups in total. The number of hydrogen-bond acceptors (Lipinski definition) is 3. The van der Waals surface area contributed by atoms with Gasteiger partial charge >= 0.3 is 0 Å². The van der Waals surface area contributed by atoms with Crippen LogP contribution in [0.25, 0.3) is 0 Å². The number of amides is 2. The molecule has 5 nitrogen and oxygen atoms in total. The van der Waals surface area contributed by atoms with Gasteiger partial charge in [-0.3, -0.25) is 9.59 Å². The first-order valence-electron chi connectivity index (χ1n) is 8.42. The van der Waals surface area contributed by atoms with Crippen LogP contribution in [0.2, 0.25) is 0 Å². The number of aryl methyl sites for hydroxylation is 1. The molecule has 1 aliphatic carbocycles. The van der Waals surface area contributed by atoms with Crippen LogP contribution >= 0.6 is 12.4 Å². The van der Waals surface area contributed by atoms with Crippen molar-refractivity contribution in [2.75, 3.05) is 5.73 Å². The fourth-order valence-corrected chi connectivity index (χ4v) is 3.05. The van der Waals surface area contributed by atoms with Crippen molar-refractivity contribution in [3.05, 3.63) is 29.3 Å². The molecule has 1 aromatic rings. The lowest BCUT2D eigenvalue weighted by molar-refractivity contribution is -0.123. The van der Waals surface area contributed by atoms with E-state index in [2.05, 4.69) is 10.6 Å². The first-order chi connectivity index (χ1) is 11.0. The molecule has 1 aliphatic rings. The molecule has 134 valence electrons. The fraction of sp³-hybridized carbons (Fsp3) is 0.556. The van der Waals surface area contributed by atoms with Crippen LogP contribution in [-0.2, 0) is 16.0 Å². The van der Waals surface area contributed by atoms with Crippen molar-refractivity contribution in [3.63, 3.8) is 0 Å². The zero-order chi connectivity index (χ0) is 16.8. The predicted molar refractivity (Wildman–Crippen MR) is 99.1 cm³/mol. The van der Waals surface area contributed by atoms with E-state index in [9.17, 15) is 9.59 Å². The van der Waals surface area contributed by atoms with Crippen LogP contribution in [0.5, 0.6) is 0 Å². The topological polar surface area (TPSA) is 84.2 Å². The quantitative estimate of drug-likeness (QED) is 0.687. The lowest BCUT2D eigenvalue weighted by Gasteiger charge is -2.26. The highest BCUT2D eigenvalue weighted by atomic mass is 35.5. The Labute approximate surface area is 150 Å². The smallest absolute Gasteiger partial charge is 0.220 e. The Balaban J connectivity index is 0.00000288. The third-order valence-electron chi connectivity index (χ3n) is 4.07. The summed E-state index contributed by atoms with van der Waals surface area (Å²) in [5, 5.41) is 5.93. The monoisotopic (exact) mass is 353 g/mol. The van der Waals surface area contributed by atoms with Gasteiger partial charge < -0.3 is 16.4 Å². The fourth-order valence-electron chi connectivity index (χ4n) is 3.05. The van der Waals surface area contributed by atoms with E-state index in [4.69, 9.17) is 5.73 Å². The van der Waals surface area contributed by atoms with Crippen LogP contribution < -0.4 is 16.4 Å². The minimum absolute atomic E-state index is 0. The number of nitrogen functional groups attached to an aromatic ring is 1. The van der Waals surface area contributed by atoms with Crippen molar-refractivity contribution in [1.82, 2.24) is 10.6 Å². The van der Waals surface area contributed by atoms with E-state index >= 15 is 0 Å². The number of rotatable bonds is 6. The Morgan fingerprint density at radius 3 is 2.67 bits per heavy atom. The Morgan fingerprint density at radius 2 is 1.96 bits per heavy atom. The van der Waals surface area contributed by atoms with Crippen molar-refractivity contribution in [2.45, 2.75) is 64.5 Å². The molecular weight excluding hydrogens is 326 g/mol. The third-order valence-corrected chi connectivity index (χ3v) is 4.07. The standard InChI is InChI=1S/C18H27N3O2.ClH/c1-12(2)20-17(22)7-4-8-18(23)21-16-6-3-5-13-11-14(19)9-10-15(13)16;/h9-12,16H,3-8,19H2,1-2H3,(H,20,22)(H,21,23);1H. The van der Waals surface area contributed by atoms with Gasteiger partial charge in [0.1, 0.15) is 0 Å². The van der Waals surface area contributed by atoms with Crippen molar-refractivity contribution in [3.8, 4) is 0 Å². The molecule has 1 atom stereocenters. The maximum atomic E-state index is 12.1. The number of halogens is 1. The number of carbonyl (C=O) groups excluding carboxylic acids is 2. The largest absolute Gasteiger partial charge is 0.399 e. The molecule has 6 heteroatoms. The molecular formula is C18H28ClN3O2. The van der Waals surface area contributed by atoms with E-state index in [0.29, 0.717) is 19.3 Å². The van der Waals surface area contributed by atoms with Gasteiger partial charge in [-0.05, 0) is 62.8 Å².